The smallest absolute Gasteiger partial charge is 0.335 e. The molecule has 0 aromatic heterocycles. The van der Waals surface area contributed by atoms with Gasteiger partial charge in [0.2, 0.25) is 11.8 Å². The van der Waals surface area contributed by atoms with Crippen LogP contribution in [0.25, 0.3) is 0 Å². The fourth-order valence-corrected chi connectivity index (χ4v) is 3.08. The van der Waals surface area contributed by atoms with Crippen LogP contribution >= 0.6 is 0 Å². The van der Waals surface area contributed by atoms with Crippen LogP contribution in [-0.4, -0.2) is 22.9 Å². The summed E-state index contributed by atoms with van der Waals surface area (Å²) in [6, 6.07) is 4.55. The molecule has 108 valence electrons. The Hall–Kier alpha value is -2.43. The Kier molecular flexibility index (Phi) is 3.12. The number of carboxylic acids is 1. The molecule has 1 aliphatic heterocycles. The Balaban J connectivity index is 1.98. The molecule has 1 aromatic carbocycles. The summed E-state index contributed by atoms with van der Waals surface area (Å²) in [4.78, 5) is 37.1. The number of fused-ring (bicyclic) bond motifs is 1. The number of amides is 2. The molecular formula is C16H15NO4. The van der Waals surface area contributed by atoms with Gasteiger partial charge >= 0.3 is 5.97 Å². The number of allylic oxidation sites excluding steroid dienone is 2. The van der Waals surface area contributed by atoms with Crippen molar-refractivity contribution in [2.45, 2.75) is 19.8 Å². The number of hydrogen-bond acceptors (Lipinski definition) is 3. The predicted molar refractivity (Wildman–Crippen MR) is 76.0 cm³/mol. The van der Waals surface area contributed by atoms with Crippen LogP contribution in [0.1, 0.15) is 28.8 Å². The van der Waals surface area contributed by atoms with Gasteiger partial charge in [0.05, 0.1) is 23.1 Å². The molecule has 1 aromatic rings. The Morgan fingerprint density at radius 1 is 1.14 bits per heavy atom. The van der Waals surface area contributed by atoms with E-state index in [-0.39, 0.29) is 29.2 Å². The molecule has 5 nitrogen and oxygen atoms in total. The maximum absolute atomic E-state index is 12.4. The topological polar surface area (TPSA) is 74.7 Å². The van der Waals surface area contributed by atoms with Crippen molar-refractivity contribution in [2.75, 3.05) is 4.90 Å². The van der Waals surface area contributed by atoms with E-state index in [0.29, 0.717) is 24.1 Å². The highest BCUT2D eigenvalue weighted by molar-refractivity contribution is 6.22. The van der Waals surface area contributed by atoms with E-state index >= 15 is 0 Å². The quantitative estimate of drug-likeness (QED) is 0.667. The first-order chi connectivity index (χ1) is 10.0. The molecule has 2 amide bonds. The molecule has 0 spiro atoms. The standard InChI is InChI=1S/C16H15NO4/c1-9-8-10(6-7-11(9)16(20)21)17-14(18)12-4-2-3-5-13(12)15(17)19/h2-3,6-8,12-13H,4-5H2,1H3,(H,20,21)/t12-,13+. The van der Waals surface area contributed by atoms with Gasteiger partial charge in [0, 0.05) is 0 Å². The summed E-state index contributed by atoms with van der Waals surface area (Å²) < 4.78 is 0. The molecule has 2 atom stereocenters. The molecule has 2 aliphatic rings. The summed E-state index contributed by atoms with van der Waals surface area (Å²) in [6.45, 7) is 1.66. The number of carboxylic acid groups (broad SMARTS) is 1. The van der Waals surface area contributed by atoms with E-state index in [1.54, 1.807) is 13.0 Å². The molecule has 0 bridgehead atoms. The van der Waals surface area contributed by atoms with Crippen molar-refractivity contribution in [3.05, 3.63) is 41.5 Å². The van der Waals surface area contributed by atoms with Gasteiger partial charge in [-0.1, -0.05) is 12.2 Å². The number of imide groups is 1. The molecule has 0 unspecified atom stereocenters. The van der Waals surface area contributed by atoms with Gasteiger partial charge in [-0.15, -0.1) is 0 Å². The Labute approximate surface area is 121 Å². The average Bonchev–Trinajstić information content (AvgIpc) is 2.71. The average molecular weight is 285 g/mol. The molecule has 1 aliphatic carbocycles. The van der Waals surface area contributed by atoms with E-state index in [4.69, 9.17) is 5.11 Å². The number of aryl methyl sites for hydroxylation is 1. The maximum Gasteiger partial charge on any atom is 0.335 e. The van der Waals surface area contributed by atoms with Crippen molar-refractivity contribution in [3.63, 3.8) is 0 Å². The molecule has 21 heavy (non-hydrogen) atoms. The minimum absolute atomic E-state index is 0.178. The zero-order chi connectivity index (χ0) is 15.1. The Bertz CT molecular complexity index is 651. The third kappa shape index (κ3) is 2.05. The summed E-state index contributed by atoms with van der Waals surface area (Å²) in [6.07, 6.45) is 5.07. The lowest BCUT2D eigenvalue weighted by atomic mass is 9.85. The number of anilines is 1. The van der Waals surface area contributed by atoms with Crippen LogP contribution in [0.15, 0.2) is 30.4 Å². The molecule has 3 rings (SSSR count). The summed E-state index contributed by atoms with van der Waals surface area (Å²) in [5.41, 5.74) is 1.17. The van der Waals surface area contributed by atoms with Crippen molar-refractivity contribution < 1.29 is 19.5 Å². The lowest BCUT2D eigenvalue weighted by Crippen LogP contribution is -2.31. The van der Waals surface area contributed by atoms with E-state index in [9.17, 15) is 14.4 Å². The van der Waals surface area contributed by atoms with Gasteiger partial charge in [0.25, 0.3) is 0 Å². The molecular weight excluding hydrogens is 270 g/mol. The number of aromatic carboxylic acids is 1. The van der Waals surface area contributed by atoms with Crippen LogP contribution in [0.3, 0.4) is 0 Å². The highest BCUT2D eigenvalue weighted by atomic mass is 16.4. The summed E-state index contributed by atoms with van der Waals surface area (Å²) >= 11 is 0. The van der Waals surface area contributed by atoms with Crippen molar-refractivity contribution in [3.8, 4) is 0 Å². The van der Waals surface area contributed by atoms with Crippen LogP contribution in [0, 0.1) is 18.8 Å². The third-order valence-electron chi connectivity index (χ3n) is 4.21. The zero-order valence-electron chi connectivity index (χ0n) is 11.6. The number of carbonyl (C=O) groups excluding carboxylic acids is 2. The minimum atomic E-state index is -1.02. The number of hydrogen-bond donors (Lipinski definition) is 1. The van der Waals surface area contributed by atoms with Crippen LogP contribution in [-0.2, 0) is 9.59 Å². The Morgan fingerprint density at radius 3 is 2.19 bits per heavy atom. The van der Waals surface area contributed by atoms with Crippen LogP contribution in [0.4, 0.5) is 5.69 Å². The number of benzene rings is 1. The first-order valence-corrected chi connectivity index (χ1v) is 6.87. The summed E-state index contributed by atoms with van der Waals surface area (Å²) in [5, 5.41) is 9.04. The SMILES string of the molecule is Cc1cc(N2C(=O)[C@H]3CC=CC[C@H]3C2=O)ccc1C(=O)O. The third-order valence-corrected chi connectivity index (χ3v) is 4.21. The normalized spacial score (nSPS) is 24.3. The maximum atomic E-state index is 12.4. The lowest BCUT2D eigenvalue weighted by Gasteiger charge is -2.16. The van der Waals surface area contributed by atoms with Crippen molar-refractivity contribution in [2.24, 2.45) is 11.8 Å². The molecule has 0 saturated carbocycles. The molecule has 0 radical (unpaired) electrons. The van der Waals surface area contributed by atoms with Gasteiger partial charge in [-0.3, -0.25) is 14.5 Å². The van der Waals surface area contributed by atoms with Crippen LogP contribution in [0.5, 0.6) is 0 Å². The van der Waals surface area contributed by atoms with Gasteiger partial charge in [-0.25, -0.2) is 4.79 Å². The molecule has 1 saturated heterocycles. The van der Waals surface area contributed by atoms with E-state index in [1.807, 2.05) is 12.2 Å². The van der Waals surface area contributed by atoms with Gasteiger partial charge in [0.15, 0.2) is 0 Å². The van der Waals surface area contributed by atoms with Crippen molar-refractivity contribution >= 4 is 23.5 Å². The second kappa shape index (κ2) is 4.84. The number of carbonyl (C=O) groups is 3. The second-order valence-electron chi connectivity index (χ2n) is 5.47. The predicted octanol–water partition coefficient (Wildman–Crippen LogP) is 2.15. The fourth-order valence-electron chi connectivity index (χ4n) is 3.08. The van der Waals surface area contributed by atoms with Crippen molar-refractivity contribution in [1.82, 2.24) is 0 Å². The first kappa shape index (κ1) is 13.5. The van der Waals surface area contributed by atoms with Gasteiger partial charge in [-0.05, 0) is 43.5 Å². The molecule has 1 fully saturated rings. The van der Waals surface area contributed by atoms with E-state index in [2.05, 4.69) is 0 Å². The van der Waals surface area contributed by atoms with Gasteiger partial charge in [0.1, 0.15) is 0 Å². The number of rotatable bonds is 2. The van der Waals surface area contributed by atoms with E-state index in [1.165, 1.54) is 17.0 Å². The fraction of sp³-hybridized carbons (Fsp3) is 0.312. The van der Waals surface area contributed by atoms with Crippen LogP contribution < -0.4 is 4.90 Å². The summed E-state index contributed by atoms with van der Waals surface area (Å²) in [5.74, 6) is -1.94. The highest BCUT2D eigenvalue weighted by Crippen LogP contribution is 2.37. The highest BCUT2D eigenvalue weighted by Gasteiger charge is 2.47. The van der Waals surface area contributed by atoms with Gasteiger partial charge in [-0.2, -0.15) is 0 Å². The first-order valence-electron chi connectivity index (χ1n) is 6.87. The minimum Gasteiger partial charge on any atom is -0.478 e. The number of nitrogens with zero attached hydrogens (tertiary/aromatic N) is 1. The van der Waals surface area contributed by atoms with Crippen LogP contribution in [0.2, 0.25) is 0 Å². The summed E-state index contributed by atoms with van der Waals surface area (Å²) in [7, 11) is 0. The molecule has 5 heteroatoms. The largest absolute Gasteiger partial charge is 0.478 e. The lowest BCUT2D eigenvalue weighted by molar-refractivity contribution is -0.122. The van der Waals surface area contributed by atoms with Crippen molar-refractivity contribution in [1.29, 1.82) is 0 Å². The monoisotopic (exact) mass is 285 g/mol. The zero-order valence-corrected chi connectivity index (χ0v) is 11.6. The molecule has 1 heterocycles. The van der Waals surface area contributed by atoms with E-state index < -0.39 is 5.97 Å². The molecule has 1 N–H and O–H groups in total. The second-order valence-corrected chi connectivity index (χ2v) is 5.47. The van der Waals surface area contributed by atoms with E-state index in [0.717, 1.165) is 0 Å². The Morgan fingerprint density at radius 2 is 1.71 bits per heavy atom. The van der Waals surface area contributed by atoms with Gasteiger partial charge < -0.3 is 5.11 Å².